The molecule has 3 heterocycles. The fourth-order valence-corrected chi connectivity index (χ4v) is 2.11. The summed E-state index contributed by atoms with van der Waals surface area (Å²) in [6.45, 7) is 1.79. The number of hydrogen-bond donors (Lipinski definition) is 0. The van der Waals surface area contributed by atoms with Crippen molar-refractivity contribution in [2.24, 2.45) is 0 Å². The zero-order valence-corrected chi connectivity index (χ0v) is 7.83. The third-order valence-electron chi connectivity index (χ3n) is 2.31. The van der Waals surface area contributed by atoms with Gasteiger partial charge in [-0.2, -0.15) is 0 Å². The molecule has 68 valence electrons. The van der Waals surface area contributed by atoms with Crippen LogP contribution in [0.3, 0.4) is 0 Å². The minimum Gasteiger partial charge on any atom is -0.376 e. The molecule has 1 saturated heterocycles. The van der Waals surface area contributed by atoms with E-state index in [1.807, 2.05) is 11.8 Å². The van der Waals surface area contributed by atoms with Gasteiger partial charge in [-0.05, 0) is 6.42 Å². The predicted molar refractivity (Wildman–Crippen MR) is 49.8 cm³/mol. The Hall–Kier alpha value is -0.940. The average molecular weight is 195 g/mol. The predicted octanol–water partition coefficient (Wildman–Crippen LogP) is 1.28. The van der Waals surface area contributed by atoms with Gasteiger partial charge in [-0.1, -0.05) is 0 Å². The maximum absolute atomic E-state index is 5.36. The number of fused-ring (bicyclic) bond motifs is 1. The lowest BCUT2D eigenvalue weighted by Gasteiger charge is -2.26. The van der Waals surface area contributed by atoms with Crippen LogP contribution >= 0.6 is 11.3 Å². The van der Waals surface area contributed by atoms with Gasteiger partial charge in [0, 0.05) is 6.61 Å². The maximum atomic E-state index is 5.36. The molecule has 0 unspecified atom stereocenters. The Bertz CT molecular complexity index is 418. The van der Waals surface area contributed by atoms with Crippen molar-refractivity contribution in [3.8, 4) is 0 Å². The van der Waals surface area contributed by atoms with Crippen LogP contribution in [0.25, 0.3) is 10.5 Å². The molecular weight excluding hydrogens is 186 g/mol. The molecule has 1 fully saturated rings. The molecule has 5 heteroatoms. The van der Waals surface area contributed by atoms with E-state index in [0.29, 0.717) is 6.10 Å². The topological polar surface area (TPSA) is 39.9 Å². The second-order valence-electron chi connectivity index (χ2n) is 3.16. The molecule has 1 aliphatic heterocycles. The van der Waals surface area contributed by atoms with Crippen LogP contribution in [0.4, 0.5) is 0 Å². The molecule has 3 rings (SSSR count). The summed E-state index contributed by atoms with van der Waals surface area (Å²) in [5.74, 6) is 0. The summed E-state index contributed by atoms with van der Waals surface area (Å²) >= 11 is 1.58. The number of rotatable bonds is 2. The third-order valence-corrected chi connectivity index (χ3v) is 3.03. The van der Waals surface area contributed by atoms with Gasteiger partial charge in [0.1, 0.15) is 0 Å². The number of nitrogens with zero attached hydrogens (tertiary/aromatic N) is 3. The minimum absolute atomic E-state index is 0.374. The first-order valence-electron chi connectivity index (χ1n) is 4.29. The highest BCUT2D eigenvalue weighted by Gasteiger charge is 2.19. The van der Waals surface area contributed by atoms with Gasteiger partial charge in [0.05, 0.1) is 24.5 Å². The molecule has 0 saturated carbocycles. The molecule has 0 aliphatic carbocycles. The van der Waals surface area contributed by atoms with E-state index in [1.165, 1.54) is 0 Å². The Morgan fingerprint density at radius 1 is 1.62 bits per heavy atom. The van der Waals surface area contributed by atoms with Gasteiger partial charge in [0.15, 0.2) is 10.5 Å². The molecule has 1 atom stereocenters. The van der Waals surface area contributed by atoms with Gasteiger partial charge in [-0.3, -0.25) is 0 Å². The highest BCUT2D eigenvalue weighted by atomic mass is 32.1. The molecule has 0 spiro atoms. The smallest absolute Gasteiger partial charge is 0.171 e. The average Bonchev–Trinajstić information content (AvgIpc) is 2.58. The summed E-state index contributed by atoms with van der Waals surface area (Å²) in [6, 6.07) is 0. The molecule has 0 N–H and O–H groups in total. The minimum atomic E-state index is 0.374. The first-order chi connectivity index (χ1) is 6.43. The molecule has 0 aromatic carbocycles. The van der Waals surface area contributed by atoms with Crippen LogP contribution in [-0.4, -0.2) is 27.2 Å². The zero-order valence-electron chi connectivity index (χ0n) is 7.01. The summed E-state index contributed by atoms with van der Waals surface area (Å²) < 4.78 is 7.42. The van der Waals surface area contributed by atoms with Crippen molar-refractivity contribution in [3.05, 3.63) is 11.8 Å². The Morgan fingerprint density at radius 2 is 2.54 bits per heavy atom. The van der Waals surface area contributed by atoms with Crippen LogP contribution in [0.1, 0.15) is 6.42 Å². The lowest BCUT2D eigenvalue weighted by molar-refractivity contribution is -0.0587. The van der Waals surface area contributed by atoms with Crippen LogP contribution in [0.2, 0.25) is 0 Å². The van der Waals surface area contributed by atoms with Crippen molar-refractivity contribution < 1.29 is 4.74 Å². The van der Waals surface area contributed by atoms with E-state index in [1.54, 1.807) is 11.3 Å². The molecule has 4 nitrogen and oxygen atoms in total. The summed E-state index contributed by atoms with van der Waals surface area (Å²) in [5.41, 5.74) is 2.82. The first kappa shape index (κ1) is 7.46. The standard InChI is InChI=1S/C8H9N3OS/c1-2-12-6(1)3-11-4-9-8-7(11)10-5-13-8/h4-6H,1-3H2/t6-/m0/s1. The number of ether oxygens (including phenoxy) is 1. The molecule has 0 amide bonds. The molecule has 2 aromatic rings. The van der Waals surface area contributed by atoms with Crippen LogP contribution < -0.4 is 0 Å². The van der Waals surface area contributed by atoms with E-state index in [4.69, 9.17) is 4.74 Å². The molecular formula is C8H9N3OS. The second kappa shape index (κ2) is 2.78. The number of thiazole rings is 1. The highest BCUT2D eigenvalue weighted by Crippen LogP contribution is 2.19. The van der Waals surface area contributed by atoms with E-state index in [-0.39, 0.29) is 0 Å². The van der Waals surface area contributed by atoms with Gasteiger partial charge < -0.3 is 9.30 Å². The fourth-order valence-electron chi connectivity index (χ4n) is 1.48. The van der Waals surface area contributed by atoms with Crippen LogP contribution in [0, 0.1) is 0 Å². The Kier molecular flexibility index (Phi) is 1.60. The van der Waals surface area contributed by atoms with Crippen LogP contribution in [0.15, 0.2) is 11.8 Å². The number of imidazole rings is 1. The Morgan fingerprint density at radius 3 is 3.31 bits per heavy atom. The van der Waals surface area contributed by atoms with Gasteiger partial charge in [-0.25, -0.2) is 9.97 Å². The maximum Gasteiger partial charge on any atom is 0.171 e. The van der Waals surface area contributed by atoms with Crippen LogP contribution in [0.5, 0.6) is 0 Å². The van der Waals surface area contributed by atoms with Crippen LogP contribution in [-0.2, 0) is 11.3 Å². The van der Waals surface area contributed by atoms with Crippen molar-refractivity contribution in [2.45, 2.75) is 19.1 Å². The van der Waals surface area contributed by atoms with Gasteiger partial charge in [-0.15, -0.1) is 11.3 Å². The third kappa shape index (κ3) is 1.15. The van der Waals surface area contributed by atoms with Gasteiger partial charge in [0.2, 0.25) is 0 Å². The highest BCUT2D eigenvalue weighted by molar-refractivity contribution is 7.16. The van der Waals surface area contributed by atoms with E-state index in [9.17, 15) is 0 Å². The molecule has 0 radical (unpaired) electrons. The molecule has 0 bridgehead atoms. The van der Waals surface area contributed by atoms with E-state index in [2.05, 4.69) is 14.5 Å². The number of hydrogen-bond acceptors (Lipinski definition) is 4. The van der Waals surface area contributed by atoms with Gasteiger partial charge >= 0.3 is 0 Å². The SMILES string of the molecule is c1nc2c(ncn2C[C@@H]2CCO2)s1. The van der Waals surface area contributed by atoms with Crippen molar-refractivity contribution in [1.82, 2.24) is 14.5 Å². The lowest BCUT2D eigenvalue weighted by Crippen LogP contribution is -2.30. The number of aromatic nitrogens is 3. The monoisotopic (exact) mass is 195 g/mol. The van der Waals surface area contributed by atoms with Crippen molar-refractivity contribution in [1.29, 1.82) is 0 Å². The van der Waals surface area contributed by atoms with Crippen molar-refractivity contribution in [3.63, 3.8) is 0 Å². The summed E-state index contributed by atoms with van der Waals surface area (Å²) in [7, 11) is 0. The van der Waals surface area contributed by atoms with E-state index < -0.39 is 0 Å². The summed E-state index contributed by atoms with van der Waals surface area (Å²) in [6.07, 6.45) is 3.37. The van der Waals surface area contributed by atoms with E-state index in [0.717, 1.165) is 30.1 Å². The van der Waals surface area contributed by atoms with E-state index >= 15 is 0 Å². The quantitative estimate of drug-likeness (QED) is 0.724. The van der Waals surface area contributed by atoms with Crippen molar-refractivity contribution >= 4 is 21.8 Å². The zero-order chi connectivity index (χ0) is 8.67. The van der Waals surface area contributed by atoms with Gasteiger partial charge in [0.25, 0.3) is 0 Å². The summed E-state index contributed by atoms with van der Waals surface area (Å²) in [5, 5.41) is 0. The first-order valence-corrected chi connectivity index (χ1v) is 5.17. The summed E-state index contributed by atoms with van der Waals surface area (Å²) in [4.78, 5) is 9.52. The Labute approximate surface area is 79.2 Å². The lowest BCUT2D eigenvalue weighted by atomic mass is 10.2. The molecule has 2 aromatic heterocycles. The molecule has 1 aliphatic rings. The van der Waals surface area contributed by atoms with Crippen molar-refractivity contribution in [2.75, 3.05) is 6.61 Å². The Balaban J connectivity index is 1.92. The molecule has 13 heavy (non-hydrogen) atoms. The largest absolute Gasteiger partial charge is 0.376 e. The second-order valence-corrected chi connectivity index (χ2v) is 3.99. The normalized spacial score (nSPS) is 22.0. The fraction of sp³-hybridized carbons (Fsp3) is 0.500.